The normalized spacial score (nSPS) is 13.0. The number of hydrogen-bond acceptors (Lipinski definition) is 4. The first kappa shape index (κ1) is 14.5. The number of nitrogens with zero attached hydrogens (tertiary/aromatic N) is 3. The van der Waals surface area contributed by atoms with Gasteiger partial charge in [0.2, 0.25) is 0 Å². The van der Waals surface area contributed by atoms with Crippen molar-refractivity contribution in [2.24, 2.45) is 0 Å². The lowest BCUT2D eigenvalue weighted by Gasteiger charge is -2.11. The van der Waals surface area contributed by atoms with Crippen LogP contribution in [-0.2, 0) is 0 Å². The van der Waals surface area contributed by atoms with Crippen LogP contribution in [0.3, 0.4) is 0 Å². The summed E-state index contributed by atoms with van der Waals surface area (Å²) in [6, 6.07) is -0.130. The zero-order chi connectivity index (χ0) is 15.3. The Balaban J connectivity index is 2.14. The minimum atomic E-state index is -0.130. The number of fused-ring (bicyclic) bond motifs is 1. The number of nitrogens with one attached hydrogen (secondary N) is 1. The molecule has 0 radical (unpaired) electrons. The van der Waals surface area contributed by atoms with E-state index < -0.39 is 0 Å². The number of aryl methyl sites for hydroxylation is 3. The molecule has 21 heavy (non-hydrogen) atoms. The molecule has 0 spiro atoms. The van der Waals surface area contributed by atoms with Crippen LogP contribution in [0.1, 0.15) is 34.9 Å². The molecule has 0 saturated heterocycles. The lowest BCUT2D eigenvalue weighted by Crippen LogP contribution is -2.17. The van der Waals surface area contributed by atoms with Crippen molar-refractivity contribution in [3.63, 3.8) is 0 Å². The highest BCUT2D eigenvalue weighted by molar-refractivity contribution is 9.10. The zero-order valence-electron chi connectivity index (χ0n) is 12.2. The molecule has 0 aliphatic carbocycles. The summed E-state index contributed by atoms with van der Waals surface area (Å²) in [6.07, 6.45) is 1.90. The van der Waals surface area contributed by atoms with Gasteiger partial charge in [0.05, 0.1) is 15.6 Å². The van der Waals surface area contributed by atoms with E-state index in [1.807, 2.05) is 33.9 Å². The second kappa shape index (κ2) is 5.06. The maximum atomic E-state index is 12.3. The van der Waals surface area contributed by atoms with Crippen LogP contribution >= 0.6 is 27.3 Å². The molecule has 3 aromatic rings. The van der Waals surface area contributed by atoms with Gasteiger partial charge in [-0.3, -0.25) is 9.48 Å². The van der Waals surface area contributed by atoms with Crippen molar-refractivity contribution in [3.8, 4) is 0 Å². The van der Waals surface area contributed by atoms with Gasteiger partial charge in [-0.25, -0.2) is 4.98 Å². The van der Waals surface area contributed by atoms with Gasteiger partial charge in [-0.05, 0) is 49.2 Å². The van der Waals surface area contributed by atoms with Crippen molar-refractivity contribution in [3.05, 3.63) is 43.0 Å². The SMILES string of the molecule is Cc1nn([C@@H](C)c2nc3sc(C)c(C)c3c(=O)[nH]2)cc1Br. The highest BCUT2D eigenvalue weighted by Crippen LogP contribution is 2.27. The van der Waals surface area contributed by atoms with Crippen molar-refractivity contribution < 1.29 is 0 Å². The van der Waals surface area contributed by atoms with Gasteiger partial charge in [0, 0.05) is 11.1 Å². The number of H-pyrrole nitrogens is 1. The van der Waals surface area contributed by atoms with Crippen LogP contribution < -0.4 is 5.56 Å². The number of hydrogen-bond donors (Lipinski definition) is 1. The summed E-state index contributed by atoms with van der Waals surface area (Å²) in [7, 11) is 0. The molecule has 0 fully saturated rings. The third-order valence-electron chi connectivity index (χ3n) is 3.71. The molecule has 0 saturated carbocycles. The van der Waals surface area contributed by atoms with Crippen LogP contribution in [0.2, 0.25) is 0 Å². The van der Waals surface area contributed by atoms with Gasteiger partial charge in [-0.15, -0.1) is 11.3 Å². The molecule has 1 atom stereocenters. The van der Waals surface area contributed by atoms with Crippen molar-refractivity contribution in [1.82, 2.24) is 19.7 Å². The summed E-state index contributed by atoms with van der Waals surface area (Å²) in [6.45, 7) is 7.87. The van der Waals surface area contributed by atoms with E-state index in [0.29, 0.717) is 11.2 Å². The molecule has 0 aliphatic heterocycles. The minimum Gasteiger partial charge on any atom is -0.308 e. The summed E-state index contributed by atoms with van der Waals surface area (Å²) in [5.74, 6) is 0.628. The molecule has 0 bridgehead atoms. The van der Waals surface area contributed by atoms with Gasteiger partial charge in [0.25, 0.3) is 5.56 Å². The largest absolute Gasteiger partial charge is 0.308 e. The van der Waals surface area contributed by atoms with Gasteiger partial charge in [0.1, 0.15) is 16.7 Å². The fraction of sp³-hybridized carbons (Fsp3) is 0.357. The van der Waals surface area contributed by atoms with Gasteiger partial charge < -0.3 is 4.98 Å². The average Bonchev–Trinajstić information content (AvgIpc) is 2.90. The molecule has 3 heterocycles. The van der Waals surface area contributed by atoms with Crippen molar-refractivity contribution in [2.75, 3.05) is 0 Å². The van der Waals surface area contributed by atoms with E-state index in [4.69, 9.17) is 0 Å². The summed E-state index contributed by atoms with van der Waals surface area (Å²) in [5, 5.41) is 5.13. The van der Waals surface area contributed by atoms with Crippen LogP contribution in [0.5, 0.6) is 0 Å². The highest BCUT2D eigenvalue weighted by Gasteiger charge is 2.17. The molecule has 3 aromatic heterocycles. The fourth-order valence-electron chi connectivity index (χ4n) is 2.25. The quantitative estimate of drug-likeness (QED) is 0.754. The predicted molar refractivity (Wildman–Crippen MR) is 88.2 cm³/mol. The van der Waals surface area contributed by atoms with E-state index >= 15 is 0 Å². The molecule has 7 heteroatoms. The Bertz CT molecular complexity index is 873. The first-order chi connectivity index (χ1) is 9.88. The molecule has 0 aliphatic rings. The maximum Gasteiger partial charge on any atom is 0.259 e. The lowest BCUT2D eigenvalue weighted by atomic mass is 10.2. The molecule has 0 amide bonds. The van der Waals surface area contributed by atoms with Crippen molar-refractivity contribution in [1.29, 1.82) is 0 Å². The number of halogens is 1. The lowest BCUT2D eigenvalue weighted by molar-refractivity contribution is 0.533. The highest BCUT2D eigenvalue weighted by atomic mass is 79.9. The minimum absolute atomic E-state index is 0.0772. The predicted octanol–water partition coefficient (Wildman–Crippen LogP) is 3.48. The third-order valence-corrected chi connectivity index (χ3v) is 5.59. The monoisotopic (exact) mass is 366 g/mol. The van der Waals surface area contributed by atoms with Gasteiger partial charge in [-0.2, -0.15) is 5.10 Å². The van der Waals surface area contributed by atoms with Crippen LogP contribution in [0.4, 0.5) is 0 Å². The zero-order valence-corrected chi connectivity index (χ0v) is 14.6. The molecule has 110 valence electrons. The molecule has 0 unspecified atom stereocenters. The summed E-state index contributed by atoms with van der Waals surface area (Å²) in [4.78, 5) is 21.7. The second-order valence-electron chi connectivity index (χ2n) is 5.13. The topological polar surface area (TPSA) is 63.6 Å². The maximum absolute atomic E-state index is 12.3. The first-order valence-electron chi connectivity index (χ1n) is 6.59. The van der Waals surface area contributed by atoms with Crippen LogP contribution in [0.15, 0.2) is 15.5 Å². The number of rotatable bonds is 2. The van der Waals surface area contributed by atoms with Gasteiger partial charge in [-0.1, -0.05) is 0 Å². The van der Waals surface area contributed by atoms with Crippen LogP contribution in [0.25, 0.3) is 10.2 Å². The Morgan fingerprint density at radius 1 is 1.38 bits per heavy atom. The second-order valence-corrected chi connectivity index (χ2v) is 7.19. The molecule has 3 rings (SSSR count). The van der Waals surface area contributed by atoms with Gasteiger partial charge in [0.15, 0.2) is 0 Å². The fourth-order valence-corrected chi connectivity index (χ4v) is 3.58. The summed E-state index contributed by atoms with van der Waals surface area (Å²) in [5.41, 5.74) is 1.85. The van der Waals surface area contributed by atoms with E-state index in [9.17, 15) is 4.79 Å². The molecular weight excluding hydrogens is 352 g/mol. The Morgan fingerprint density at radius 3 is 2.71 bits per heavy atom. The Morgan fingerprint density at radius 2 is 2.10 bits per heavy atom. The molecule has 5 nitrogen and oxygen atoms in total. The number of aromatic nitrogens is 4. The Hall–Kier alpha value is -1.47. The molecule has 1 N–H and O–H groups in total. The smallest absolute Gasteiger partial charge is 0.259 e. The summed E-state index contributed by atoms with van der Waals surface area (Å²) >= 11 is 5.01. The number of thiophene rings is 1. The summed E-state index contributed by atoms with van der Waals surface area (Å²) < 4.78 is 2.75. The van der Waals surface area contributed by atoms with Crippen LogP contribution in [-0.4, -0.2) is 19.7 Å². The number of aromatic amines is 1. The Kier molecular flexibility index (Phi) is 3.49. The van der Waals surface area contributed by atoms with E-state index in [1.165, 1.54) is 0 Å². The standard InChI is InChI=1S/C14H15BrN4OS/c1-6-9(4)21-14-11(6)13(20)16-12(17-14)8(3)19-5-10(15)7(2)18-19/h5,8H,1-4H3,(H,16,17,20)/t8-/m0/s1. The van der Waals surface area contributed by atoms with Crippen LogP contribution in [0, 0.1) is 20.8 Å². The average molecular weight is 367 g/mol. The van der Waals surface area contributed by atoms with E-state index in [0.717, 1.165) is 25.4 Å². The van der Waals surface area contributed by atoms with E-state index in [1.54, 1.807) is 16.0 Å². The van der Waals surface area contributed by atoms with Crippen molar-refractivity contribution >= 4 is 37.5 Å². The van der Waals surface area contributed by atoms with Gasteiger partial charge >= 0.3 is 0 Å². The third kappa shape index (κ3) is 2.34. The Labute approximate surface area is 134 Å². The van der Waals surface area contributed by atoms with E-state index in [-0.39, 0.29) is 11.6 Å². The molecular formula is C14H15BrN4OS. The first-order valence-corrected chi connectivity index (χ1v) is 8.20. The van der Waals surface area contributed by atoms with Crippen molar-refractivity contribution in [2.45, 2.75) is 33.7 Å². The molecule has 0 aromatic carbocycles. The van der Waals surface area contributed by atoms with E-state index in [2.05, 4.69) is 31.0 Å².